The van der Waals surface area contributed by atoms with Crippen LogP contribution in [-0.2, 0) is 16.0 Å². The Morgan fingerprint density at radius 2 is 1.55 bits per heavy atom. The summed E-state index contributed by atoms with van der Waals surface area (Å²) in [5.74, 6) is -3.40. The minimum absolute atomic E-state index is 0.0775. The van der Waals surface area contributed by atoms with Crippen LogP contribution in [0.15, 0.2) is 30.3 Å². The van der Waals surface area contributed by atoms with Gasteiger partial charge in [-0.2, -0.15) is 0 Å². The molecule has 9 nitrogen and oxygen atoms in total. The van der Waals surface area contributed by atoms with Crippen molar-refractivity contribution in [2.24, 2.45) is 5.92 Å². The topological polar surface area (TPSA) is 136 Å². The SMILES string of the molecule is COc1cc2sc(C(=O)C[C@H](C)C(=O)O)cc2cc1CCCOc1c(OC)cc2sc(C(=O)CCC(=O)O)cc2c1F. The first-order chi connectivity index (χ1) is 20.0. The van der Waals surface area contributed by atoms with Crippen LogP contribution in [-0.4, -0.2) is 54.5 Å². The third kappa shape index (κ3) is 6.88. The van der Waals surface area contributed by atoms with E-state index in [1.54, 1.807) is 19.2 Å². The molecular formula is C30H29FO9S2. The zero-order valence-electron chi connectivity index (χ0n) is 23.2. The molecule has 2 aromatic carbocycles. The largest absolute Gasteiger partial charge is 0.496 e. The first-order valence-corrected chi connectivity index (χ1v) is 14.7. The van der Waals surface area contributed by atoms with E-state index in [0.29, 0.717) is 28.2 Å². The highest BCUT2D eigenvalue weighted by atomic mass is 32.1. The molecule has 2 heterocycles. The first kappa shape index (κ1) is 30.9. The number of halogens is 1. The molecule has 0 unspecified atom stereocenters. The fourth-order valence-electron chi connectivity index (χ4n) is 4.41. The number of methoxy groups -OCH3 is 2. The predicted molar refractivity (Wildman–Crippen MR) is 157 cm³/mol. The van der Waals surface area contributed by atoms with Crippen LogP contribution < -0.4 is 14.2 Å². The number of carbonyl (C=O) groups is 4. The third-order valence-electron chi connectivity index (χ3n) is 6.69. The van der Waals surface area contributed by atoms with E-state index >= 15 is 4.39 Å². The molecule has 1 atom stereocenters. The Labute approximate surface area is 248 Å². The molecule has 2 aromatic heterocycles. The van der Waals surface area contributed by atoms with Crippen LogP contribution in [0.2, 0.25) is 0 Å². The van der Waals surface area contributed by atoms with E-state index < -0.39 is 23.7 Å². The molecule has 222 valence electrons. The minimum Gasteiger partial charge on any atom is -0.496 e. The average Bonchev–Trinajstić information content (AvgIpc) is 3.58. The highest BCUT2D eigenvalue weighted by Gasteiger charge is 2.22. The normalized spacial score (nSPS) is 11.9. The van der Waals surface area contributed by atoms with Gasteiger partial charge in [0.05, 0.1) is 42.9 Å². The number of hydrogen-bond acceptors (Lipinski definition) is 9. The van der Waals surface area contributed by atoms with Gasteiger partial charge >= 0.3 is 11.9 Å². The number of fused-ring (bicyclic) bond motifs is 2. The summed E-state index contributed by atoms with van der Waals surface area (Å²) in [6, 6.07) is 8.52. The van der Waals surface area contributed by atoms with Gasteiger partial charge in [-0.25, -0.2) is 4.39 Å². The second-order valence-electron chi connectivity index (χ2n) is 9.69. The quantitative estimate of drug-likeness (QED) is 0.111. The minimum atomic E-state index is -1.08. The molecule has 0 aliphatic heterocycles. The van der Waals surface area contributed by atoms with Crippen LogP contribution in [0, 0.1) is 11.7 Å². The van der Waals surface area contributed by atoms with E-state index in [1.165, 1.54) is 31.4 Å². The second-order valence-corrected chi connectivity index (χ2v) is 11.9. The summed E-state index contributed by atoms with van der Waals surface area (Å²) < 4.78 is 33.5. The Bertz CT molecular complexity index is 1670. The molecule has 0 aliphatic carbocycles. The maximum Gasteiger partial charge on any atom is 0.306 e. The molecule has 0 fully saturated rings. The smallest absolute Gasteiger partial charge is 0.306 e. The van der Waals surface area contributed by atoms with Gasteiger partial charge in [-0.3, -0.25) is 19.2 Å². The van der Waals surface area contributed by atoms with Crippen LogP contribution in [0.25, 0.3) is 20.2 Å². The molecule has 42 heavy (non-hydrogen) atoms. The van der Waals surface area contributed by atoms with Crippen molar-refractivity contribution in [2.75, 3.05) is 20.8 Å². The maximum absolute atomic E-state index is 15.5. The second kappa shape index (κ2) is 13.3. The first-order valence-electron chi connectivity index (χ1n) is 13.1. The summed E-state index contributed by atoms with van der Waals surface area (Å²) in [7, 11) is 2.94. The van der Waals surface area contributed by atoms with Crippen LogP contribution in [0.3, 0.4) is 0 Å². The van der Waals surface area contributed by atoms with Crippen molar-refractivity contribution in [1.82, 2.24) is 0 Å². The summed E-state index contributed by atoms with van der Waals surface area (Å²) in [5.41, 5.74) is 0.870. The lowest BCUT2D eigenvalue weighted by Crippen LogP contribution is -2.13. The van der Waals surface area contributed by atoms with E-state index in [1.807, 2.05) is 12.1 Å². The van der Waals surface area contributed by atoms with E-state index in [0.717, 1.165) is 27.0 Å². The van der Waals surface area contributed by atoms with Crippen LogP contribution in [0.4, 0.5) is 4.39 Å². The molecule has 0 aliphatic rings. The van der Waals surface area contributed by atoms with Gasteiger partial charge in [0.2, 0.25) is 0 Å². The maximum atomic E-state index is 15.5. The van der Waals surface area contributed by atoms with E-state index in [4.69, 9.17) is 24.4 Å². The lowest BCUT2D eigenvalue weighted by atomic mass is 10.0. The monoisotopic (exact) mass is 616 g/mol. The van der Waals surface area contributed by atoms with E-state index in [9.17, 15) is 19.2 Å². The fourth-order valence-corrected chi connectivity index (χ4v) is 6.48. The Morgan fingerprint density at radius 3 is 2.21 bits per heavy atom. The number of rotatable bonds is 15. The number of carboxylic acid groups (broad SMARTS) is 2. The van der Waals surface area contributed by atoms with Crippen molar-refractivity contribution in [3.63, 3.8) is 0 Å². The molecule has 0 saturated heterocycles. The Balaban J connectivity index is 1.46. The number of aryl methyl sites for hydroxylation is 1. The molecular weight excluding hydrogens is 587 g/mol. The van der Waals surface area contributed by atoms with Gasteiger partial charge in [0.1, 0.15) is 5.75 Å². The summed E-state index contributed by atoms with van der Waals surface area (Å²) in [6.45, 7) is 1.65. The molecule has 4 aromatic rings. The Hall–Kier alpha value is -4.03. The van der Waals surface area contributed by atoms with Crippen molar-refractivity contribution in [3.05, 3.63) is 51.5 Å². The number of ether oxygens (including phenoxy) is 3. The van der Waals surface area contributed by atoms with Crippen molar-refractivity contribution in [1.29, 1.82) is 0 Å². The standard InChI is InChI=1S/C30H29FO9S2/c1-15(30(36)37)9-20(33)25-11-17-10-16(21(38-2)13-23(17)41-25)5-4-8-40-29-22(39-3)14-24-18(28(29)31)12-26(42-24)19(32)6-7-27(34)35/h10-15H,4-9H2,1-3H3,(H,34,35)(H,36,37)/t15-/m0/s1. The lowest BCUT2D eigenvalue weighted by molar-refractivity contribution is -0.141. The summed E-state index contributed by atoms with van der Waals surface area (Å²) >= 11 is 2.36. The molecule has 0 bridgehead atoms. The Morgan fingerprint density at radius 1 is 0.881 bits per heavy atom. The molecule has 4 rings (SSSR count). The van der Waals surface area contributed by atoms with Gasteiger partial charge in [-0.05, 0) is 48.1 Å². The number of carbonyl (C=O) groups excluding carboxylic acids is 2. The fraction of sp³-hybridized carbons (Fsp3) is 0.333. The number of Topliss-reactive ketones (excluding diaryl/α,β-unsaturated/α-hetero) is 2. The van der Waals surface area contributed by atoms with Crippen molar-refractivity contribution < 1.29 is 48.0 Å². The summed E-state index contributed by atoms with van der Waals surface area (Å²) in [4.78, 5) is 47.6. The van der Waals surface area contributed by atoms with Crippen LogP contribution >= 0.6 is 22.7 Å². The highest BCUT2D eigenvalue weighted by molar-refractivity contribution is 7.21. The zero-order valence-corrected chi connectivity index (χ0v) is 24.8. The third-order valence-corrected chi connectivity index (χ3v) is 8.95. The summed E-state index contributed by atoms with van der Waals surface area (Å²) in [5, 5.41) is 19.0. The highest BCUT2D eigenvalue weighted by Crippen LogP contribution is 2.40. The zero-order chi connectivity index (χ0) is 30.6. The van der Waals surface area contributed by atoms with Crippen LogP contribution in [0.5, 0.6) is 17.2 Å². The van der Waals surface area contributed by atoms with Crippen molar-refractivity contribution in [2.45, 2.75) is 39.0 Å². The van der Waals surface area contributed by atoms with Gasteiger partial charge in [-0.1, -0.05) is 6.92 Å². The van der Waals surface area contributed by atoms with Gasteiger partial charge < -0.3 is 24.4 Å². The van der Waals surface area contributed by atoms with Crippen LogP contribution in [0.1, 0.15) is 57.5 Å². The van der Waals surface area contributed by atoms with Gasteiger partial charge in [0.15, 0.2) is 28.9 Å². The summed E-state index contributed by atoms with van der Waals surface area (Å²) in [6.07, 6.45) is 0.469. The molecule has 2 N–H and O–H groups in total. The average molecular weight is 617 g/mol. The number of carboxylic acids is 2. The number of aliphatic carboxylic acids is 2. The molecule has 0 amide bonds. The number of benzene rings is 2. The van der Waals surface area contributed by atoms with Crippen molar-refractivity contribution in [3.8, 4) is 17.2 Å². The van der Waals surface area contributed by atoms with E-state index in [2.05, 4.69) is 0 Å². The van der Waals surface area contributed by atoms with E-state index in [-0.39, 0.29) is 59.2 Å². The molecule has 0 radical (unpaired) electrons. The molecule has 12 heteroatoms. The number of hydrogen-bond donors (Lipinski definition) is 2. The molecule has 0 spiro atoms. The van der Waals surface area contributed by atoms with Gasteiger partial charge in [0.25, 0.3) is 0 Å². The lowest BCUT2D eigenvalue weighted by Gasteiger charge is -2.13. The van der Waals surface area contributed by atoms with Crippen molar-refractivity contribution >= 4 is 66.4 Å². The van der Waals surface area contributed by atoms with Gasteiger partial charge in [-0.15, -0.1) is 22.7 Å². The predicted octanol–water partition coefficient (Wildman–Crippen LogP) is 6.62. The number of ketones is 2. The molecule has 0 saturated carbocycles. The number of thiophene rings is 2. The Kier molecular flexibility index (Phi) is 9.79. The van der Waals surface area contributed by atoms with Gasteiger partial charge in [0, 0.05) is 33.7 Å².